The normalized spacial score (nSPS) is 18.5. The molecule has 1 aromatic rings. The molecule has 0 radical (unpaired) electrons. The molecule has 0 atom stereocenters. The average Bonchev–Trinajstić information content (AvgIpc) is 2.46. The third kappa shape index (κ3) is 3.21. The van der Waals surface area contributed by atoms with E-state index >= 15 is 0 Å². The quantitative estimate of drug-likeness (QED) is 0.261. The number of sulfone groups is 1. The predicted molar refractivity (Wildman–Crippen MR) is 76.5 cm³/mol. The van der Waals surface area contributed by atoms with Crippen LogP contribution < -0.4 is 10.6 Å². The summed E-state index contributed by atoms with van der Waals surface area (Å²) in [6, 6.07) is 3.98. The molecule has 0 amide bonds. The van der Waals surface area contributed by atoms with E-state index < -0.39 is 14.8 Å². The molecule has 2 rings (SSSR count). The SMILES string of the molecule is NC(=NO)c1cc([N+](=O)[O-])ccc1N1CCS(=O)(=O)CC1. The van der Waals surface area contributed by atoms with Gasteiger partial charge in [0, 0.05) is 30.9 Å². The van der Waals surface area contributed by atoms with Crippen LogP contribution >= 0.6 is 0 Å². The number of anilines is 1. The second-order valence-corrected chi connectivity index (χ2v) is 6.89. The Labute approximate surface area is 120 Å². The Morgan fingerprint density at radius 2 is 2.00 bits per heavy atom. The molecule has 114 valence electrons. The number of amidine groups is 1. The number of oxime groups is 1. The van der Waals surface area contributed by atoms with Crippen LogP contribution in [0.5, 0.6) is 0 Å². The van der Waals surface area contributed by atoms with Crippen molar-refractivity contribution in [3.05, 3.63) is 33.9 Å². The van der Waals surface area contributed by atoms with Crippen LogP contribution in [0.25, 0.3) is 0 Å². The van der Waals surface area contributed by atoms with Crippen LogP contribution in [0.15, 0.2) is 23.4 Å². The van der Waals surface area contributed by atoms with Gasteiger partial charge in [0.2, 0.25) is 0 Å². The van der Waals surface area contributed by atoms with Crippen molar-refractivity contribution < 1.29 is 18.5 Å². The number of benzene rings is 1. The second-order valence-electron chi connectivity index (χ2n) is 4.58. The van der Waals surface area contributed by atoms with Crippen molar-refractivity contribution in [2.75, 3.05) is 29.5 Å². The van der Waals surface area contributed by atoms with Crippen LogP contribution in [0.3, 0.4) is 0 Å². The largest absolute Gasteiger partial charge is 0.409 e. The molecule has 0 spiro atoms. The van der Waals surface area contributed by atoms with E-state index in [9.17, 15) is 18.5 Å². The molecule has 1 heterocycles. The second kappa shape index (κ2) is 5.56. The standard InChI is InChI=1S/C11H14N4O5S/c12-11(13-16)9-7-8(15(17)18)1-2-10(9)14-3-5-21(19,20)6-4-14/h1-2,7,16H,3-6H2,(H2,12,13). The highest BCUT2D eigenvalue weighted by Gasteiger charge is 2.25. The molecule has 0 bridgehead atoms. The Morgan fingerprint density at radius 3 is 2.52 bits per heavy atom. The van der Waals surface area contributed by atoms with Crippen molar-refractivity contribution >= 4 is 27.0 Å². The van der Waals surface area contributed by atoms with E-state index in [2.05, 4.69) is 5.16 Å². The van der Waals surface area contributed by atoms with Gasteiger partial charge in [-0.2, -0.15) is 0 Å². The first-order valence-corrected chi connectivity index (χ1v) is 7.88. The van der Waals surface area contributed by atoms with Crippen molar-refractivity contribution in [1.82, 2.24) is 0 Å². The van der Waals surface area contributed by atoms with E-state index in [-0.39, 0.29) is 41.7 Å². The molecule has 1 aromatic carbocycles. The molecule has 1 aliphatic rings. The summed E-state index contributed by atoms with van der Waals surface area (Å²) in [5.74, 6) is -0.263. The van der Waals surface area contributed by atoms with Crippen molar-refractivity contribution in [2.45, 2.75) is 0 Å². The van der Waals surface area contributed by atoms with Crippen molar-refractivity contribution in [2.24, 2.45) is 10.9 Å². The third-order valence-electron chi connectivity index (χ3n) is 3.26. The van der Waals surface area contributed by atoms with Crippen molar-refractivity contribution in [3.8, 4) is 0 Å². The number of rotatable bonds is 3. The lowest BCUT2D eigenvalue weighted by Gasteiger charge is -2.30. The lowest BCUT2D eigenvalue weighted by molar-refractivity contribution is -0.384. The molecule has 1 aliphatic heterocycles. The first-order valence-electron chi connectivity index (χ1n) is 6.06. The maximum Gasteiger partial charge on any atom is 0.270 e. The van der Waals surface area contributed by atoms with Gasteiger partial charge in [-0.3, -0.25) is 10.1 Å². The summed E-state index contributed by atoms with van der Waals surface area (Å²) >= 11 is 0. The van der Waals surface area contributed by atoms with E-state index in [1.54, 1.807) is 4.90 Å². The van der Waals surface area contributed by atoms with Crippen molar-refractivity contribution in [1.29, 1.82) is 0 Å². The van der Waals surface area contributed by atoms with Gasteiger partial charge in [-0.25, -0.2) is 8.42 Å². The zero-order valence-electron chi connectivity index (χ0n) is 11.0. The zero-order chi connectivity index (χ0) is 15.6. The molecule has 0 unspecified atom stereocenters. The lowest BCUT2D eigenvalue weighted by atomic mass is 10.1. The predicted octanol–water partition coefficient (Wildman–Crippen LogP) is -0.0759. The van der Waals surface area contributed by atoms with Crippen LogP contribution in [0.4, 0.5) is 11.4 Å². The van der Waals surface area contributed by atoms with Crippen LogP contribution in [-0.2, 0) is 9.84 Å². The number of hydrogen-bond acceptors (Lipinski definition) is 7. The summed E-state index contributed by atoms with van der Waals surface area (Å²) in [5, 5.41) is 22.5. The highest BCUT2D eigenvalue weighted by atomic mass is 32.2. The highest BCUT2D eigenvalue weighted by Crippen LogP contribution is 2.26. The average molecular weight is 314 g/mol. The van der Waals surface area contributed by atoms with Gasteiger partial charge in [-0.05, 0) is 6.07 Å². The number of non-ortho nitro benzene ring substituents is 1. The highest BCUT2D eigenvalue weighted by molar-refractivity contribution is 7.91. The van der Waals surface area contributed by atoms with Gasteiger partial charge < -0.3 is 15.8 Å². The van der Waals surface area contributed by atoms with Crippen molar-refractivity contribution in [3.63, 3.8) is 0 Å². The maximum atomic E-state index is 11.4. The number of nitro benzene ring substituents is 1. The Bertz CT molecular complexity index is 687. The summed E-state index contributed by atoms with van der Waals surface area (Å²) in [7, 11) is -3.04. The maximum absolute atomic E-state index is 11.4. The van der Waals surface area contributed by atoms with Crippen LogP contribution in [0.2, 0.25) is 0 Å². The van der Waals surface area contributed by atoms with Crippen LogP contribution in [-0.4, -0.2) is 49.0 Å². The van der Waals surface area contributed by atoms with Gasteiger partial charge in [0.1, 0.15) is 0 Å². The number of nitro groups is 1. The smallest absolute Gasteiger partial charge is 0.270 e. The zero-order valence-corrected chi connectivity index (χ0v) is 11.8. The number of nitrogens with zero attached hydrogens (tertiary/aromatic N) is 3. The first kappa shape index (κ1) is 15.0. The van der Waals surface area contributed by atoms with Gasteiger partial charge in [0.25, 0.3) is 5.69 Å². The van der Waals surface area contributed by atoms with Gasteiger partial charge in [-0.15, -0.1) is 0 Å². The molecule has 3 N–H and O–H groups in total. The minimum Gasteiger partial charge on any atom is -0.409 e. The summed E-state index contributed by atoms with van der Waals surface area (Å²) in [5.41, 5.74) is 6.07. The number of nitrogens with two attached hydrogens (primary N) is 1. The number of hydrogen-bond donors (Lipinski definition) is 2. The lowest BCUT2D eigenvalue weighted by Crippen LogP contribution is -2.41. The van der Waals surface area contributed by atoms with E-state index in [0.29, 0.717) is 5.69 Å². The molecule has 0 aromatic heterocycles. The fourth-order valence-corrected chi connectivity index (χ4v) is 3.33. The monoisotopic (exact) mass is 314 g/mol. The summed E-state index contributed by atoms with van der Waals surface area (Å²) in [6.07, 6.45) is 0. The van der Waals surface area contributed by atoms with Crippen LogP contribution in [0, 0.1) is 10.1 Å². The fourth-order valence-electron chi connectivity index (χ4n) is 2.13. The molecule has 21 heavy (non-hydrogen) atoms. The molecule has 9 nitrogen and oxygen atoms in total. The molecule has 0 aliphatic carbocycles. The molecule has 10 heteroatoms. The third-order valence-corrected chi connectivity index (χ3v) is 4.87. The van der Waals surface area contributed by atoms with Gasteiger partial charge in [0.05, 0.1) is 22.0 Å². The topological polar surface area (TPSA) is 139 Å². The Hall–Kier alpha value is -2.36. The van der Waals surface area contributed by atoms with Gasteiger partial charge >= 0.3 is 0 Å². The molecular weight excluding hydrogens is 300 g/mol. The molecule has 0 saturated carbocycles. The Morgan fingerprint density at radius 1 is 1.38 bits per heavy atom. The summed E-state index contributed by atoms with van der Waals surface area (Å²) in [6.45, 7) is 0.512. The van der Waals surface area contributed by atoms with E-state index in [0.717, 1.165) is 0 Å². The molecular formula is C11H14N4O5S. The van der Waals surface area contributed by atoms with E-state index in [1.165, 1.54) is 18.2 Å². The summed E-state index contributed by atoms with van der Waals surface area (Å²) < 4.78 is 22.9. The Kier molecular flexibility index (Phi) is 3.98. The molecule has 1 fully saturated rings. The minimum absolute atomic E-state index is 0.000397. The fraction of sp³-hybridized carbons (Fsp3) is 0.364. The van der Waals surface area contributed by atoms with E-state index in [1.807, 2.05) is 0 Å². The minimum atomic E-state index is -3.04. The van der Waals surface area contributed by atoms with E-state index in [4.69, 9.17) is 10.9 Å². The van der Waals surface area contributed by atoms with Gasteiger partial charge in [0.15, 0.2) is 15.7 Å². The Balaban J connectivity index is 2.41. The first-order chi connectivity index (χ1) is 9.84. The molecule has 1 saturated heterocycles. The van der Waals surface area contributed by atoms with Gasteiger partial charge in [-0.1, -0.05) is 5.16 Å². The summed E-state index contributed by atoms with van der Waals surface area (Å²) in [4.78, 5) is 12.0. The van der Waals surface area contributed by atoms with Crippen LogP contribution in [0.1, 0.15) is 5.56 Å².